The van der Waals surface area contributed by atoms with Gasteiger partial charge in [-0.3, -0.25) is 0 Å². The summed E-state index contributed by atoms with van der Waals surface area (Å²) in [5.41, 5.74) is 4.15. The average molecular weight is 495 g/mol. The fourth-order valence-corrected chi connectivity index (χ4v) is 5.22. The van der Waals surface area contributed by atoms with Gasteiger partial charge < -0.3 is 14.3 Å². The molecule has 4 heteroatoms. The molecule has 0 bridgehead atoms. The van der Waals surface area contributed by atoms with Crippen molar-refractivity contribution in [2.75, 3.05) is 0 Å². The van der Waals surface area contributed by atoms with Crippen LogP contribution < -0.4 is 4.52 Å². The summed E-state index contributed by atoms with van der Waals surface area (Å²) in [5, 5.41) is 0. The highest BCUT2D eigenvalue weighted by atomic mass is 31.2. The molecule has 0 aromatic heterocycles. The van der Waals surface area contributed by atoms with E-state index in [1.54, 1.807) is 0 Å². The molecule has 0 amide bonds. The predicted octanol–water partition coefficient (Wildman–Crippen LogP) is 9.70. The fourth-order valence-electron chi connectivity index (χ4n) is 4.87. The third kappa shape index (κ3) is 14.7. The molecule has 0 aliphatic heterocycles. The third-order valence-corrected chi connectivity index (χ3v) is 7.24. The quantitative estimate of drug-likeness (QED) is 0.132. The molecule has 0 unspecified atom stereocenters. The van der Waals surface area contributed by atoms with Gasteiger partial charge in [-0.05, 0) is 73.1 Å². The lowest BCUT2D eigenvalue weighted by Gasteiger charge is -2.20. The number of hydrogen-bond donors (Lipinski definition) is 2. The van der Waals surface area contributed by atoms with Crippen molar-refractivity contribution >= 4 is 8.60 Å². The molecule has 0 saturated heterocycles. The summed E-state index contributed by atoms with van der Waals surface area (Å²) in [6, 6.07) is 4.20. The van der Waals surface area contributed by atoms with Crippen molar-refractivity contribution in [1.29, 1.82) is 0 Å². The fraction of sp³-hybridized carbons (Fsp3) is 0.800. The zero-order valence-corrected chi connectivity index (χ0v) is 24.0. The molecule has 0 aliphatic rings. The van der Waals surface area contributed by atoms with Gasteiger partial charge in [-0.15, -0.1) is 0 Å². The van der Waals surface area contributed by atoms with Crippen LogP contribution in [-0.4, -0.2) is 9.79 Å². The van der Waals surface area contributed by atoms with E-state index in [-0.39, 0.29) is 0 Å². The molecule has 0 saturated carbocycles. The zero-order valence-electron chi connectivity index (χ0n) is 23.1. The largest absolute Gasteiger partial charge is 0.427 e. The van der Waals surface area contributed by atoms with Crippen molar-refractivity contribution in [2.45, 2.75) is 144 Å². The van der Waals surface area contributed by atoms with Crippen LogP contribution in [-0.2, 0) is 19.3 Å². The molecule has 3 nitrogen and oxygen atoms in total. The Labute approximate surface area is 213 Å². The van der Waals surface area contributed by atoms with E-state index in [4.69, 9.17) is 4.52 Å². The SMILES string of the molecule is CCCCCCCCc1ccc(OP(O)O)c(CCCCCC(C)C)c1CCCCCC(C)C. The van der Waals surface area contributed by atoms with Crippen LogP contribution in [0, 0.1) is 11.8 Å². The number of hydrogen-bond acceptors (Lipinski definition) is 3. The van der Waals surface area contributed by atoms with Crippen molar-refractivity contribution in [1.82, 2.24) is 0 Å². The van der Waals surface area contributed by atoms with Crippen LogP contribution >= 0.6 is 8.60 Å². The minimum absolute atomic E-state index is 0.698. The van der Waals surface area contributed by atoms with Crippen molar-refractivity contribution in [2.24, 2.45) is 11.8 Å². The van der Waals surface area contributed by atoms with E-state index in [1.807, 2.05) is 6.07 Å². The Hall–Kier alpha value is -0.630. The van der Waals surface area contributed by atoms with E-state index in [0.717, 1.165) is 37.5 Å². The molecule has 1 aromatic carbocycles. The molecule has 2 N–H and O–H groups in total. The Morgan fingerprint density at radius 2 is 1.15 bits per heavy atom. The molecule has 0 fully saturated rings. The summed E-state index contributed by atoms with van der Waals surface area (Å²) in [6.07, 6.45) is 21.0. The minimum Gasteiger partial charge on any atom is -0.427 e. The maximum absolute atomic E-state index is 9.60. The molecule has 198 valence electrons. The molecule has 0 aliphatic carbocycles. The molecule has 0 heterocycles. The van der Waals surface area contributed by atoms with Crippen LogP contribution in [0.2, 0.25) is 0 Å². The Morgan fingerprint density at radius 3 is 1.71 bits per heavy atom. The molecule has 34 heavy (non-hydrogen) atoms. The zero-order chi connectivity index (χ0) is 25.2. The van der Waals surface area contributed by atoms with Crippen LogP contribution in [0.15, 0.2) is 12.1 Å². The molecular formula is C30H55O3P. The summed E-state index contributed by atoms with van der Waals surface area (Å²) >= 11 is 0. The van der Waals surface area contributed by atoms with E-state index in [0.29, 0.717) is 5.75 Å². The Kier molecular flexibility index (Phi) is 18.1. The van der Waals surface area contributed by atoms with Crippen LogP contribution in [0.1, 0.15) is 141 Å². The summed E-state index contributed by atoms with van der Waals surface area (Å²) in [6.45, 7) is 11.5. The molecule has 0 radical (unpaired) electrons. The van der Waals surface area contributed by atoms with Gasteiger partial charge in [-0.2, -0.15) is 0 Å². The van der Waals surface area contributed by atoms with E-state index in [9.17, 15) is 9.79 Å². The Balaban J connectivity index is 2.94. The highest BCUT2D eigenvalue weighted by Gasteiger charge is 2.17. The van der Waals surface area contributed by atoms with Crippen LogP contribution in [0.25, 0.3) is 0 Å². The standard InChI is InChI=1S/C30H55O3P/c1-6-7-8-9-10-15-20-27-23-24-30(33-34(31)32)29(22-17-12-14-19-26(4)5)28(27)21-16-11-13-18-25(2)3/h23-26,31-32H,6-22H2,1-5H3. The molecule has 1 rings (SSSR count). The van der Waals surface area contributed by atoms with Gasteiger partial charge in [0, 0.05) is 0 Å². The van der Waals surface area contributed by atoms with Gasteiger partial charge in [-0.25, -0.2) is 0 Å². The summed E-state index contributed by atoms with van der Waals surface area (Å²) in [5.74, 6) is 2.23. The minimum atomic E-state index is -2.39. The lowest BCUT2D eigenvalue weighted by atomic mass is 9.89. The van der Waals surface area contributed by atoms with Crippen molar-refractivity contribution in [3.63, 3.8) is 0 Å². The maximum Gasteiger partial charge on any atom is 0.391 e. The topological polar surface area (TPSA) is 49.7 Å². The average Bonchev–Trinajstić information content (AvgIpc) is 2.77. The molecule has 0 spiro atoms. The second-order valence-corrected chi connectivity index (χ2v) is 11.7. The van der Waals surface area contributed by atoms with E-state index in [2.05, 4.69) is 40.7 Å². The van der Waals surface area contributed by atoms with Gasteiger partial charge in [-0.1, -0.05) is 111 Å². The number of benzene rings is 1. The maximum atomic E-state index is 9.60. The van der Waals surface area contributed by atoms with Gasteiger partial charge in [0.15, 0.2) is 0 Å². The summed E-state index contributed by atoms with van der Waals surface area (Å²) in [4.78, 5) is 19.2. The van der Waals surface area contributed by atoms with E-state index in [1.165, 1.54) is 100 Å². The smallest absolute Gasteiger partial charge is 0.391 e. The first-order chi connectivity index (χ1) is 16.3. The summed E-state index contributed by atoms with van der Waals surface area (Å²) in [7, 11) is -2.39. The van der Waals surface area contributed by atoms with Gasteiger partial charge >= 0.3 is 8.60 Å². The monoisotopic (exact) mass is 494 g/mol. The van der Waals surface area contributed by atoms with E-state index >= 15 is 0 Å². The van der Waals surface area contributed by atoms with Gasteiger partial charge in [0.1, 0.15) is 5.75 Å². The lowest BCUT2D eigenvalue weighted by Crippen LogP contribution is -2.05. The second-order valence-electron chi connectivity index (χ2n) is 11.0. The van der Waals surface area contributed by atoms with Gasteiger partial charge in [0.2, 0.25) is 0 Å². The van der Waals surface area contributed by atoms with Crippen molar-refractivity contribution in [3.8, 4) is 5.75 Å². The first-order valence-corrected chi connectivity index (χ1v) is 15.5. The van der Waals surface area contributed by atoms with Crippen LogP contribution in [0.4, 0.5) is 0 Å². The van der Waals surface area contributed by atoms with Gasteiger partial charge in [0.05, 0.1) is 0 Å². The Morgan fingerprint density at radius 1 is 0.647 bits per heavy atom. The van der Waals surface area contributed by atoms with Crippen LogP contribution in [0.3, 0.4) is 0 Å². The number of unbranched alkanes of at least 4 members (excludes halogenated alkanes) is 9. The van der Waals surface area contributed by atoms with Crippen LogP contribution in [0.5, 0.6) is 5.75 Å². The first kappa shape index (κ1) is 31.4. The van der Waals surface area contributed by atoms with Crippen molar-refractivity contribution < 1.29 is 14.3 Å². The van der Waals surface area contributed by atoms with E-state index < -0.39 is 8.60 Å². The number of rotatable bonds is 21. The highest BCUT2D eigenvalue weighted by molar-refractivity contribution is 7.39. The Bertz CT molecular complexity index is 628. The molecular weight excluding hydrogens is 439 g/mol. The molecule has 1 aromatic rings. The summed E-state index contributed by atoms with van der Waals surface area (Å²) < 4.78 is 5.54. The third-order valence-electron chi connectivity index (χ3n) is 6.88. The first-order valence-electron chi connectivity index (χ1n) is 14.3. The van der Waals surface area contributed by atoms with Crippen molar-refractivity contribution in [3.05, 3.63) is 28.8 Å². The molecule has 0 atom stereocenters. The highest BCUT2D eigenvalue weighted by Crippen LogP contribution is 2.37. The number of aryl methyl sites for hydroxylation is 1. The second kappa shape index (κ2) is 19.5. The lowest BCUT2D eigenvalue weighted by molar-refractivity contribution is 0.372. The predicted molar refractivity (Wildman–Crippen MR) is 150 cm³/mol. The normalized spacial score (nSPS) is 11.8. The van der Waals surface area contributed by atoms with Gasteiger partial charge in [0.25, 0.3) is 0 Å².